The third-order valence-corrected chi connectivity index (χ3v) is 3.27. The topological polar surface area (TPSA) is 33.2 Å². The zero-order chi connectivity index (χ0) is 12.3. The summed E-state index contributed by atoms with van der Waals surface area (Å²) >= 11 is 3.26. The molecule has 1 atom stereocenters. The molecule has 4 heteroatoms. The third-order valence-electron chi connectivity index (χ3n) is 2.83. The lowest BCUT2D eigenvalue weighted by molar-refractivity contribution is 0.0701. The van der Waals surface area contributed by atoms with Gasteiger partial charge in [-0.15, -0.1) is 0 Å². The molecule has 1 rings (SSSR count). The number of pyridine rings is 1. The summed E-state index contributed by atoms with van der Waals surface area (Å²) in [4.78, 5) is 18.0. The van der Waals surface area contributed by atoms with Crippen molar-refractivity contribution in [2.45, 2.75) is 26.8 Å². The molecule has 0 fully saturated rings. The molecule has 88 valence electrons. The molecule has 16 heavy (non-hydrogen) atoms. The molecule has 0 aromatic carbocycles. The van der Waals surface area contributed by atoms with Crippen LogP contribution in [0.5, 0.6) is 0 Å². The van der Waals surface area contributed by atoms with Crippen LogP contribution in [0.15, 0.2) is 22.8 Å². The number of amides is 1. The van der Waals surface area contributed by atoms with E-state index in [1.807, 2.05) is 26.1 Å². The van der Waals surface area contributed by atoms with E-state index < -0.39 is 0 Å². The fourth-order valence-corrected chi connectivity index (χ4v) is 1.68. The zero-order valence-corrected chi connectivity index (χ0v) is 11.7. The molecule has 1 unspecified atom stereocenters. The highest BCUT2D eigenvalue weighted by molar-refractivity contribution is 9.10. The second-order valence-electron chi connectivity index (χ2n) is 4.25. The number of nitrogens with zero attached hydrogens (tertiary/aromatic N) is 2. The van der Waals surface area contributed by atoms with Gasteiger partial charge in [0.25, 0.3) is 5.91 Å². The number of aromatic nitrogens is 1. The van der Waals surface area contributed by atoms with Gasteiger partial charge in [0.15, 0.2) is 0 Å². The molecule has 1 amide bonds. The summed E-state index contributed by atoms with van der Waals surface area (Å²) in [5, 5.41) is 0. The van der Waals surface area contributed by atoms with Gasteiger partial charge >= 0.3 is 0 Å². The van der Waals surface area contributed by atoms with Crippen LogP contribution in [0.3, 0.4) is 0 Å². The minimum absolute atomic E-state index is 0.0394. The summed E-state index contributed by atoms with van der Waals surface area (Å²) in [5.41, 5.74) is 0.476. The van der Waals surface area contributed by atoms with E-state index in [2.05, 4.69) is 34.8 Å². The molecular formula is C12H17BrN2O. The van der Waals surface area contributed by atoms with E-state index in [4.69, 9.17) is 0 Å². The van der Waals surface area contributed by atoms with Gasteiger partial charge < -0.3 is 4.90 Å². The Balaban J connectivity index is 2.86. The van der Waals surface area contributed by atoms with E-state index in [0.717, 1.165) is 0 Å². The van der Waals surface area contributed by atoms with E-state index in [0.29, 0.717) is 16.2 Å². The average Bonchev–Trinajstić information content (AvgIpc) is 2.26. The van der Waals surface area contributed by atoms with Crippen molar-refractivity contribution in [3.05, 3.63) is 28.5 Å². The van der Waals surface area contributed by atoms with Crippen molar-refractivity contribution in [3.63, 3.8) is 0 Å². The van der Waals surface area contributed by atoms with Gasteiger partial charge in [0, 0.05) is 13.1 Å². The van der Waals surface area contributed by atoms with Crippen molar-refractivity contribution in [2.24, 2.45) is 5.92 Å². The Morgan fingerprint density at radius 1 is 1.38 bits per heavy atom. The molecule has 1 aromatic heterocycles. The van der Waals surface area contributed by atoms with Crippen LogP contribution in [0.25, 0.3) is 0 Å². The van der Waals surface area contributed by atoms with Gasteiger partial charge in [0.1, 0.15) is 10.3 Å². The van der Waals surface area contributed by atoms with Crippen molar-refractivity contribution in [1.29, 1.82) is 0 Å². The molecule has 0 bridgehead atoms. The smallest absolute Gasteiger partial charge is 0.272 e. The van der Waals surface area contributed by atoms with E-state index in [-0.39, 0.29) is 11.9 Å². The highest BCUT2D eigenvalue weighted by atomic mass is 79.9. The molecule has 1 heterocycles. The predicted molar refractivity (Wildman–Crippen MR) is 68.3 cm³/mol. The van der Waals surface area contributed by atoms with Crippen LogP contribution >= 0.6 is 15.9 Å². The average molecular weight is 285 g/mol. The van der Waals surface area contributed by atoms with Gasteiger partial charge in [-0.25, -0.2) is 4.98 Å². The second kappa shape index (κ2) is 5.43. The number of halogens is 1. The number of carbonyl (C=O) groups excluding carboxylic acids is 1. The van der Waals surface area contributed by atoms with Crippen LogP contribution in [-0.4, -0.2) is 28.9 Å². The van der Waals surface area contributed by atoms with Crippen LogP contribution in [0.2, 0.25) is 0 Å². The van der Waals surface area contributed by atoms with Gasteiger partial charge in [0.05, 0.1) is 0 Å². The Morgan fingerprint density at radius 3 is 2.50 bits per heavy atom. The van der Waals surface area contributed by atoms with Crippen molar-refractivity contribution < 1.29 is 4.79 Å². The fourth-order valence-electron chi connectivity index (χ4n) is 1.34. The summed E-state index contributed by atoms with van der Waals surface area (Å²) in [5.74, 6) is 0.392. The van der Waals surface area contributed by atoms with Gasteiger partial charge in [0.2, 0.25) is 0 Å². The van der Waals surface area contributed by atoms with E-state index >= 15 is 0 Å². The molecule has 0 aliphatic rings. The van der Waals surface area contributed by atoms with Gasteiger partial charge in [-0.05, 0) is 40.9 Å². The number of rotatable bonds is 3. The Labute approximate surface area is 105 Å². The molecule has 0 N–H and O–H groups in total. The summed E-state index contributed by atoms with van der Waals surface area (Å²) < 4.78 is 0.684. The molecular weight excluding hydrogens is 268 g/mol. The normalized spacial score (nSPS) is 12.6. The maximum Gasteiger partial charge on any atom is 0.272 e. The van der Waals surface area contributed by atoms with Gasteiger partial charge in [-0.2, -0.15) is 0 Å². The summed E-state index contributed by atoms with van der Waals surface area (Å²) in [6.07, 6.45) is 0. The van der Waals surface area contributed by atoms with Crippen LogP contribution in [-0.2, 0) is 0 Å². The summed E-state index contributed by atoms with van der Waals surface area (Å²) in [6, 6.07) is 5.56. The quantitative estimate of drug-likeness (QED) is 0.800. The molecule has 0 aliphatic heterocycles. The van der Waals surface area contributed by atoms with Crippen molar-refractivity contribution in [1.82, 2.24) is 9.88 Å². The Hall–Kier alpha value is -0.900. The van der Waals surface area contributed by atoms with Crippen LogP contribution in [0.4, 0.5) is 0 Å². The SMILES string of the molecule is CC(C)C(C)N(C)C(=O)c1cccc(Br)n1. The van der Waals surface area contributed by atoms with E-state index in [1.54, 1.807) is 11.0 Å². The zero-order valence-electron chi connectivity index (χ0n) is 10.1. The lowest BCUT2D eigenvalue weighted by Crippen LogP contribution is -2.38. The first-order valence-corrected chi connectivity index (χ1v) is 6.12. The maximum absolute atomic E-state index is 12.1. The highest BCUT2D eigenvalue weighted by Gasteiger charge is 2.20. The fraction of sp³-hybridized carbons (Fsp3) is 0.500. The molecule has 0 saturated heterocycles. The first-order chi connectivity index (χ1) is 7.43. The van der Waals surface area contributed by atoms with Gasteiger partial charge in [-0.1, -0.05) is 19.9 Å². The number of hydrogen-bond acceptors (Lipinski definition) is 2. The molecule has 0 saturated carbocycles. The summed E-state index contributed by atoms with van der Waals surface area (Å²) in [6.45, 7) is 6.24. The number of carbonyl (C=O) groups is 1. The minimum atomic E-state index is -0.0394. The largest absolute Gasteiger partial charge is 0.337 e. The van der Waals surface area contributed by atoms with Crippen molar-refractivity contribution in [3.8, 4) is 0 Å². The first-order valence-electron chi connectivity index (χ1n) is 5.33. The lowest BCUT2D eigenvalue weighted by Gasteiger charge is -2.27. The van der Waals surface area contributed by atoms with E-state index in [1.165, 1.54) is 0 Å². The van der Waals surface area contributed by atoms with Gasteiger partial charge in [-0.3, -0.25) is 4.79 Å². The highest BCUT2D eigenvalue weighted by Crippen LogP contribution is 2.13. The van der Waals surface area contributed by atoms with Crippen LogP contribution in [0, 0.1) is 5.92 Å². The Kier molecular flexibility index (Phi) is 4.47. The standard InChI is InChI=1S/C12H17BrN2O/c1-8(2)9(3)15(4)12(16)10-6-5-7-11(13)14-10/h5-9H,1-4H3. The Bertz CT molecular complexity index is 379. The number of hydrogen-bond donors (Lipinski definition) is 0. The second-order valence-corrected chi connectivity index (χ2v) is 5.06. The van der Waals surface area contributed by atoms with Crippen LogP contribution in [0.1, 0.15) is 31.3 Å². The lowest BCUT2D eigenvalue weighted by atomic mass is 10.1. The molecule has 3 nitrogen and oxygen atoms in total. The molecule has 0 radical (unpaired) electrons. The third kappa shape index (κ3) is 3.04. The Morgan fingerprint density at radius 2 is 2.00 bits per heavy atom. The van der Waals surface area contributed by atoms with Crippen molar-refractivity contribution >= 4 is 21.8 Å². The molecule has 1 aromatic rings. The monoisotopic (exact) mass is 284 g/mol. The molecule has 0 aliphatic carbocycles. The summed E-state index contributed by atoms with van der Waals surface area (Å²) in [7, 11) is 1.82. The van der Waals surface area contributed by atoms with E-state index in [9.17, 15) is 4.79 Å². The predicted octanol–water partition coefficient (Wildman–Crippen LogP) is 2.96. The first kappa shape index (κ1) is 13.2. The minimum Gasteiger partial charge on any atom is -0.337 e. The maximum atomic E-state index is 12.1. The van der Waals surface area contributed by atoms with Crippen molar-refractivity contribution in [2.75, 3.05) is 7.05 Å². The molecule has 0 spiro atoms. The van der Waals surface area contributed by atoms with Crippen LogP contribution < -0.4 is 0 Å².